The zero-order valence-electron chi connectivity index (χ0n) is 9.99. The smallest absolute Gasteiger partial charge is 0.358 e. The van der Waals surface area contributed by atoms with Crippen LogP contribution in [0.3, 0.4) is 0 Å². The van der Waals surface area contributed by atoms with Crippen LogP contribution >= 0.6 is 38.6 Å². The fraction of sp³-hybridized carbons (Fsp3) is 0.0833. The first-order chi connectivity index (χ1) is 9.65. The van der Waals surface area contributed by atoms with Gasteiger partial charge < -0.3 is 5.11 Å². The zero-order chi connectivity index (χ0) is 14.1. The van der Waals surface area contributed by atoms with Crippen LogP contribution in [0.1, 0.15) is 15.4 Å². The lowest BCUT2D eigenvalue weighted by atomic mass is 10.2. The third kappa shape index (κ3) is 2.54. The maximum atomic E-state index is 11.3. The number of halogens is 1. The Kier molecular flexibility index (Phi) is 3.68. The van der Waals surface area contributed by atoms with Gasteiger partial charge in [0.25, 0.3) is 0 Å². The van der Waals surface area contributed by atoms with Crippen LogP contribution < -0.4 is 0 Å². The number of hydrogen-bond acceptors (Lipinski definition) is 5. The first-order valence-electron chi connectivity index (χ1n) is 5.58. The van der Waals surface area contributed by atoms with Gasteiger partial charge in [0.05, 0.1) is 11.4 Å². The molecule has 5 nitrogen and oxygen atoms in total. The lowest BCUT2D eigenvalue weighted by Gasteiger charge is -2.03. The normalized spacial score (nSPS) is 10.8. The number of nitrogens with zero attached hydrogens (tertiary/aromatic N) is 3. The predicted octanol–water partition coefficient (Wildman–Crippen LogP) is 3.58. The molecule has 0 saturated heterocycles. The van der Waals surface area contributed by atoms with Crippen molar-refractivity contribution in [2.75, 3.05) is 0 Å². The van der Waals surface area contributed by atoms with E-state index in [0.29, 0.717) is 12.2 Å². The van der Waals surface area contributed by atoms with Gasteiger partial charge in [-0.25, -0.2) is 9.48 Å². The summed E-state index contributed by atoms with van der Waals surface area (Å²) in [6, 6.07) is 5.74. The van der Waals surface area contributed by atoms with Crippen molar-refractivity contribution in [3.05, 3.63) is 44.0 Å². The van der Waals surface area contributed by atoms with Gasteiger partial charge in [-0.3, -0.25) is 0 Å². The van der Waals surface area contributed by atoms with Crippen LogP contribution in [0.25, 0.3) is 10.6 Å². The van der Waals surface area contributed by atoms with Gasteiger partial charge in [-0.1, -0.05) is 11.3 Å². The van der Waals surface area contributed by atoms with E-state index in [-0.39, 0.29) is 5.69 Å². The number of carboxylic acids is 1. The molecule has 1 N–H and O–H groups in total. The van der Waals surface area contributed by atoms with Crippen LogP contribution in [0.5, 0.6) is 0 Å². The highest BCUT2D eigenvalue weighted by molar-refractivity contribution is 9.10. The monoisotopic (exact) mass is 369 g/mol. The van der Waals surface area contributed by atoms with E-state index in [1.165, 1.54) is 11.3 Å². The summed E-state index contributed by atoms with van der Waals surface area (Å²) in [5.41, 5.74) is 0.542. The van der Waals surface area contributed by atoms with Crippen LogP contribution in [0.15, 0.2) is 33.4 Å². The summed E-state index contributed by atoms with van der Waals surface area (Å²) >= 11 is 6.46. The Labute approximate surface area is 130 Å². The summed E-state index contributed by atoms with van der Waals surface area (Å²) in [5.74, 6) is -1.06. The molecule has 3 rings (SSSR count). The van der Waals surface area contributed by atoms with E-state index in [9.17, 15) is 9.90 Å². The third-order valence-corrected chi connectivity index (χ3v) is 5.18. The summed E-state index contributed by atoms with van der Waals surface area (Å²) in [4.78, 5) is 13.2. The van der Waals surface area contributed by atoms with Crippen molar-refractivity contribution in [1.29, 1.82) is 0 Å². The highest BCUT2D eigenvalue weighted by atomic mass is 79.9. The molecule has 3 heterocycles. The van der Waals surface area contributed by atoms with E-state index in [4.69, 9.17) is 0 Å². The first kappa shape index (κ1) is 13.5. The molecule has 0 bridgehead atoms. The molecule has 3 aromatic heterocycles. The molecule has 0 aliphatic heterocycles. The second kappa shape index (κ2) is 5.47. The van der Waals surface area contributed by atoms with E-state index in [1.54, 1.807) is 16.0 Å². The number of aromatic carboxylic acids is 1. The molecule has 0 amide bonds. The maximum Gasteiger partial charge on any atom is 0.358 e. The Balaban J connectivity index is 2.05. The molecule has 102 valence electrons. The van der Waals surface area contributed by atoms with Crippen molar-refractivity contribution in [1.82, 2.24) is 15.0 Å². The lowest BCUT2D eigenvalue weighted by Crippen LogP contribution is -2.04. The molecule has 0 spiro atoms. The zero-order valence-corrected chi connectivity index (χ0v) is 13.2. The SMILES string of the molecule is O=C(O)c1nnn(Cc2cc(Br)cs2)c1-c1cccs1. The standard InChI is InChI=1S/C12H8BrN3O2S2/c13-7-4-8(20-6-7)5-16-11(9-2-1-3-19-9)10(12(17)18)14-15-16/h1-4,6H,5H2,(H,17,18). The Morgan fingerprint density at radius 2 is 2.30 bits per heavy atom. The third-order valence-electron chi connectivity index (χ3n) is 2.62. The van der Waals surface area contributed by atoms with Gasteiger partial charge in [0.2, 0.25) is 0 Å². The lowest BCUT2D eigenvalue weighted by molar-refractivity contribution is 0.0691. The van der Waals surface area contributed by atoms with E-state index in [0.717, 1.165) is 14.2 Å². The van der Waals surface area contributed by atoms with Crippen molar-refractivity contribution < 1.29 is 9.90 Å². The molecule has 0 saturated carbocycles. The molecule has 0 aromatic carbocycles. The molecule has 20 heavy (non-hydrogen) atoms. The molecule has 0 aliphatic carbocycles. The van der Waals surface area contributed by atoms with Crippen LogP contribution in [0, 0.1) is 0 Å². The van der Waals surface area contributed by atoms with Gasteiger partial charge in [-0.15, -0.1) is 27.8 Å². The quantitative estimate of drug-likeness (QED) is 0.762. The molecule has 0 radical (unpaired) electrons. The minimum atomic E-state index is -1.06. The molecule has 3 aromatic rings. The molecule has 8 heteroatoms. The predicted molar refractivity (Wildman–Crippen MR) is 81.4 cm³/mol. The van der Waals surface area contributed by atoms with Gasteiger partial charge in [-0.05, 0) is 33.4 Å². The van der Waals surface area contributed by atoms with Crippen LogP contribution in [-0.4, -0.2) is 26.1 Å². The second-order valence-corrected chi connectivity index (χ2v) is 6.82. The number of aromatic nitrogens is 3. The van der Waals surface area contributed by atoms with Crippen molar-refractivity contribution in [3.63, 3.8) is 0 Å². The van der Waals surface area contributed by atoms with Gasteiger partial charge in [0.15, 0.2) is 5.69 Å². The van der Waals surface area contributed by atoms with Gasteiger partial charge in [-0.2, -0.15) is 0 Å². The van der Waals surface area contributed by atoms with E-state index in [2.05, 4.69) is 26.2 Å². The van der Waals surface area contributed by atoms with Gasteiger partial charge in [0.1, 0.15) is 5.69 Å². The van der Waals surface area contributed by atoms with Gasteiger partial charge >= 0.3 is 5.97 Å². The Hall–Kier alpha value is -1.51. The fourth-order valence-electron chi connectivity index (χ4n) is 1.81. The number of carbonyl (C=O) groups is 1. The van der Waals surface area contributed by atoms with E-state index in [1.807, 2.05) is 29.0 Å². The van der Waals surface area contributed by atoms with E-state index >= 15 is 0 Å². The summed E-state index contributed by atoms with van der Waals surface area (Å²) in [7, 11) is 0. The number of hydrogen-bond donors (Lipinski definition) is 1. The maximum absolute atomic E-state index is 11.3. The van der Waals surface area contributed by atoms with Crippen molar-refractivity contribution in [2.45, 2.75) is 6.54 Å². The minimum Gasteiger partial charge on any atom is -0.476 e. The first-order valence-corrected chi connectivity index (χ1v) is 8.14. The fourth-order valence-corrected chi connectivity index (χ4v) is 4.02. The van der Waals surface area contributed by atoms with Gasteiger partial charge in [0, 0.05) is 14.7 Å². The average molecular weight is 370 g/mol. The summed E-state index contributed by atoms with van der Waals surface area (Å²) < 4.78 is 2.64. The van der Waals surface area contributed by atoms with Crippen molar-refractivity contribution >= 4 is 44.6 Å². The largest absolute Gasteiger partial charge is 0.476 e. The molecular formula is C12H8BrN3O2S2. The van der Waals surface area contributed by atoms with Crippen LogP contribution in [0.2, 0.25) is 0 Å². The number of thiophene rings is 2. The van der Waals surface area contributed by atoms with Crippen molar-refractivity contribution in [2.24, 2.45) is 0 Å². The van der Waals surface area contributed by atoms with Crippen LogP contribution in [0.4, 0.5) is 0 Å². The molecule has 0 unspecified atom stereocenters. The van der Waals surface area contributed by atoms with Crippen LogP contribution in [-0.2, 0) is 6.54 Å². The summed E-state index contributed by atoms with van der Waals surface area (Å²) in [6.45, 7) is 0.504. The second-order valence-electron chi connectivity index (χ2n) is 3.96. The van der Waals surface area contributed by atoms with E-state index < -0.39 is 5.97 Å². The topological polar surface area (TPSA) is 68.0 Å². The molecule has 0 atom stereocenters. The van der Waals surface area contributed by atoms with Crippen molar-refractivity contribution in [3.8, 4) is 10.6 Å². The Morgan fingerprint density at radius 1 is 1.45 bits per heavy atom. The molecular weight excluding hydrogens is 362 g/mol. The summed E-state index contributed by atoms with van der Waals surface area (Å²) in [5, 5.41) is 20.9. The highest BCUT2D eigenvalue weighted by Gasteiger charge is 2.21. The Bertz CT molecular complexity index is 749. The number of rotatable bonds is 4. The summed E-state index contributed by atoms with van der Waals surface area (Å²) in [6.07, 6.45) is 0. The number of carboxylic acid groups (broad SMARTS) is 1. The average Bonchev–Trinajstić information content (AvgIpc) is 3.10. The highest BCUT2D eigenvalue weighted by Crippen LogP contribution is 2.28. The Morgan fingerprint density at radius 3 is 2.90 bits per heavy atom. The molecule has 0 fully saturated rings. The minimum absolute atomic E-state index is 0.0110. The molecule has 0 aliphatic rings.